The van der Waals surface area contributed by atoms with Gasteiger partial charge >= 0.3 is 0 Å². The van der Waals surface area contributed by atoms with Crippen LogP contribution in [-0.4, -0.2) is 51.9 Å². The monoisotopic (exact) mass is 294 g/mol. The summed E-state index contributed by atoms with van der Waals surface area (Å²) >= 11 is 0. The minimum absolute atomic E-state index is 0.0434. The van der Waals surface area contributed by atoms with Gasteiger partial charge in [-0.05, 0) is 19.8 Å². The minimum atomic E-state index is -2.92. The maximum Gasteiger partial charge on any atom is 0.147 e. The summed E-state index contributed by atoms with van der Waals surface area (Å²) in [5.41, 5.74) is 2.47. The highest BCUT2D eigenvalue weighted by atomic mass is 32.2. The Labute approximate surface area is 115 Å². The smallest absolute Gasteiger partial charge is 0.147 e. The first-order chi connectivity index (χ1) is 8.93. The van der Waals surface area contributed by atoms with Gasteiger partial charge < -0.3 is 9.47 Å². The van der Waals surface area contributed by atoms with E-state index in [2.05, 4.69) is 5.43 Å². The maximum atomic E-state index is 11.2. The fourth-order valence-electron chi connectivity index (χ4n) is 2.65. The maximum absolute atomic E-state index is 11.2. The molecule has 19 heavy (non-hydrogen) atoms. The summed E-state index contributed by atoms with van der Waals surface area (Å²) in [7, 11) is -2.92. The first-order valence-electron chi connectivity index (χ1n) is 6.79. The van der Waals surface area contributed by atoms with E-state index in [1.165, 1.54) is 6.26 Å². The molecule has 0 aromatic rings. The van der Waals surface area contributed by atoms with Gasteiger partial charge in [-0.15, -0.1) is 0 Å². The van der Waals surface area contributed by atoms with E-state index in [1.54, 1.807) is 0 Å². The third-order valence-corrected chi connectivity index (χ3v) is 4.65. The van der Waals surface area contributed by atoms with Gasteiger partial charge in [-0.1, -0.05) is 0 Å². The van der Waals surface area contributed by atoms with Gasteiger partial charge in [-0.3, -0.25) is 11.3 Å². The molecule has 1 aliphatic rings. The number of hydrogen-bond acceptors (Lipinski definition) is 6. The van der Waals surface area contributed by atoms with Gasteiger partial charge in [0.25, 0.3) is 0 Å². The topological polar surface area (TPSA) is 90.7 Å². The van der Waals surface area contributed by atoms with E-state index in [0.29, 0.717) is 32.7 Å². The summed E-state index contributed by atoms with van der Waals surface area (Å²) in [5, 5.41) is 0. The second-order valence-corrected chi connectivity index (χ2v) is 7.36. The summed E-state index contributed by atoms with van der Waals surface area (Å²) in [5.74, 6) is 5.83. The molecule has 1 atom stereocenters. The quantitative estimate of drug-likeness (QED) is 0.492. The first kappa shape index (κ1) is 16.8. The van der Waals surface area contributed by atoms with Crippen molar-refractivity contribution in [3.63, 3.8) is 0 Å². The standard InChI is InChI=1S/C12H26N2O4S/c1-3-18-12(6-8-17-9-7-12)11(14-13)5-4-10-19(2,15)16/h11,14H,3-10,13H2,1-2H3. The average molecular weight is 294 g/mol. The molecular weight excluding hydrogens is 268 g/mol. The fourth-order valence-corrected chi connectivity index (χ4v) is 3.34. The molecule has 0 aromatic carbocycles. The van der Waals surface area contributed by atoms with Gasteiger partial charge in [0, 0.05) is 44.7 Å². The third kappa shape index (κ3) is 5.35. The summed E-state index contributed by atoms with van der Waals surface area (Å²) in [6.45, 7) is 3.89. The lowest BCUT2D eigenvalue weighted by Gasteiger charge is -2.42. The molecule has 0 saturated carbocycles. The van der Waals surface area contributed by atoms with Crippen molar-refractivity contribution in [2.75, 3.05) is 31.8 Å². The zero-order chi connectivity index (χ0) is 14.4. The Hall–Kier alpha value is -0.210. The minimum Gasteiger partial charge on any atom is -0.381 e. The van der Waals surface area contributed by atoms with Crippen LogP contribution in [0.25, 0.3) is 0 Å². The van der Waals surface area contributed by atoms with E-state index < -0.39 is 9.84 Å². The summed E-state index contributed by atoms with van der Waals surface area (Å²) in [6.07, 6.45) is 4.10. The Bertz CT molecular complexity index is 347. The van der Waals surface area contributed by atoms with Crippen molar-refractivity contribution >= 4 is 9.84 Å². The molecule has 3 N–H and O–H groups in total. The van der Waals surface area contributed by atoms with E-state index in [-0.39, 0.29) is 17.4 Å². The highest BCUT2D eigenvalue weighted by Crippen LogP contribution is 2.31. The SMILES string of the molecule is CCOC1(C(CCCS(C)(=O)=O)NN)CCOCC1. The molecule has 0 amide bonds. The summed E-state index contributed by atoms with van der Waals surface area (Å²) in [6, 6.07) is -0.0434. The molecule has 0 aliphatic carbocycles. The van der Waals surface area contributed by atoms with Crippen molar-refractivity contribution in [3.05, 3.63) is 0 Å². The molecule has 0 bridgehead atoms. The lowest BCUT2D eigenvalue weighted by atomic mass is 9.84. The molecular formula is C12H26N2O4S. The van der Waals surface area contributed by atoms with Crippen LogP contribution in [0.15, 0.2) is 0 Å². The van der Waals surface area contributed by atoms with Crippen LogP contribution in [0.4, 0.5) is 0 Å². The van der Waals surface area contributed by atoms with Gasteiger partial charge in [-0.2, -0.15) is 0 Å². The molecule has 6 nitrogen and oxygen atoms in total. The van der Waals surface area contributed by atoms with E-state index in [9.17, 15) is 8.42 Å². The van der Waals surface area contributed by atoms with Crippen molar-refractivity contribution in [2.45, 2.75) is 44.2 Å². The van der Waals surface area contributed by atoms with Crippen molar-refractivity contribution in [2.24, 2.45) is 5.84 Å². The van der Waals surface area contributed by atoms with Crippen LogP contribution in [0, 0.1) is 0 Å². The molecule has 1 heterocycles. The Morgan fingerprint density at radius 2 is 2.05 bits per heavy atom. The van der Waals surface area contributed by atoms with E-state index >= 15 is 0 Å². The Morgan fingerprint density at radius 3 is 2.53 bits per heavy atom. The second kappa shape index (κ2) is 7.54. The lowest BCUT2D eigenvalue weighted by molar-refractivity contribution is -0.128. The number of hydrazine groups is 1. The number of ether oxygens (including phenoxy) is 2. The molecule has 1 aliphatic heterocycles. The number of sulfone groups is 1. The molecule has 1 fully saturated rings. The molecule has 0 aromatic heterocycles. The number of hydrogen-bond donors (Lipinski definition) is 2. The molecule has 1 saturated heterocycles. The van der Waals surface area contributed by atoms with Crippen LogP contribution < -0.4 is 11.3 Å². The van der Waals surface area contributed by atoms with Crippen LogP contribution in [0.2, 0.25) is 0 Å². The second-order valence-electron chi connectivity index (χ2n) is 5.10. The predicted molar refractivity (Wildman–Crippen MR) is 74.5 cm³/mol. The zero-order valence-electron chi connectivity index (χ0n) is 11.9. The number of rotatable bonds is 8. The van der Waals surface area contributed by atoms with Crippen molar-refractivity contribution in [1.29, 1.82) is 0 Å². The summed E-state index contributed by atoms with van der Waals surface area (Å²) < 4.78 is 33.7. The normalized spacial score (nSPS) is 21.2. The van der Waals surface area contributed by atoms with Gasteiger partial charge in [0.05, 0.1) is 11.6 Å². The Morgan fingerprint density at radius 1 is 1.42 bits per heavy atom. The highest BCUT2D eigenvalue weighted by Gasteiger charge is 2.40. The number of nitrogens with two attached hydrogens (primary N) is 1. The van der Waals surface area contributed by atoms with Crippen molar-refractivity contribution < 1.29 is 17.9 Å². The van der Waals surface area contributed by atoms with Crippen LogP contribution in [0.3, 0.4) is 0 Å². The molecule has 1 unspecified atom stereocenters. The van der Waals surface area contributed by atoms with Crippen LogP contribution in [0.1, 0.15) is 32.6 Å². The van der Waals surface area contributed by atoms with E-state index in [1.807, 2.05) is 6.92 Å². The molecule has 0 radical (unpaired) electrons. The molecule has 0 spiro atoms. The van der Waals surface area contributed by atoms with Gasteiger partial charge in [-0.25, -0.2) is 8.42 Å². The largest absolute Gasteiger partial charge is 0.381 e. The lowest BCUT2D eigenvalue weighted by Crippen LogP contribution is -2.57. The third-order valence-electron chi connectivity index (χ3n) is 3.62. The van der Waals surface area contributed by atoms with E-state index in [0.717, 1.165) is 12.8 Å². The predicted octanol–water partition coefficient (Wildman–Crippen LogP) is 0.229. The van der Waals surface area contributed by atoms with Crippen molar-refractivity contribution in [1.82, 2.24) is 5.43 Å². The highest BCUT2D eigenvalue weighted by molar-refractivity contribution is 7.90. The van der Waals surface area contributed by atoms with Gasteiger partial charge in [0.15, 0.2) is 0 Å². The Balaban J connectivity index is 2.62. The van der Waals surface area contributed by atoms with Crippen LogP contribution >= 0.6 is 0 Å². The number of nitrogens with one attached hydrogen (secondary N) is 1. The van der Waals surface area contributed by atoms with Gasteiger partial charge in [0.2, 0.25) is 0 Å². The van der Waals surface area contributed by atoms with Gasteiger partial charge in [0.1, 0.15) is 9.84 Å². The van der Waals surface area contributed by atoms with E-state index in [4.69, 9.17) is 15.3 Å². The zero-order valence-corrected chi connectivity index (χ0v) is 12.7. The van der Waals surface area contributed by atoms with Crippen LogP contribution in [-0.2, 0) is 19.3 Å². The molecule has 114 valence electrons. The average Bonchev–Trinajstić information content (AvgIpc) is 2.35. The Kier molecular flexibility index (Phi) is 6.68. The summed E-state index contributed by atoms with van der Waals surface area (Å²) in [4.78, 5) is 0. The first-order valence-corrected chi connectivity index (χ1v) is 8.85. The van der Waals surface area contributed by atoms with Crippen molar-refractivity contribution in [3.8, 4) is 0 Å². The fraction of sp³-hybridized carbons (Fsp3) is 1.00. The molecule has 1 rings (SSSR count). The molecule has 7 heteroatoms. The van der Waals surface area contributed by atoms with Crippen LogP contribution in [0.5, 0.6) is 0 Å².